The predicted octanol–water partition coefficient (Wildman–Crippen LogP) is 2.01. The fourth-order valence-corrected chi connectivity index (χ4v) is 1.63. The van der Waals surface area contributed by atoms with Crippen LogP contribution < -0.4 is 10.5 Å². The van der Waals surface area contributed by atoms with Crippen LogP contribution in [-0.4, -0.2) is 9.36 Å². The van der Waals surface area contributed by atoms with Gasteiger partial charge in [0.05, 0.1) is 0 Å². The lowest BCUT2D eigenvalue weighted by Gasteiger charge is -2.01. The van der Waals surface area contributed by atoms with E-state index in [4.69, 9.17) is 10.5 Å². The molecule has 0 aliphatic rings. The first-order valence-corrected chi connectivity index (χ1v) is 5.29. The van der Waals surface area contributed by atoms with E-state index in [1.54, 1.807) is 0 Å². The van der Waals surface area contributed by atoms with Crippen molar-refractivity contribution >= 4 is 17.2 Å². The van der Waals surface area contributed by atoms with Crippen LogP contribution in [0.4, 0.5) is 5.69 Å². The SMILES string of the molecule is Cc1nsc(OCc2ccc(N)cc2)n1. The van der Waals surface area contributed by atoms with Gasteiger partial charge in [-0.25, -0.2) is 0 Å². The van der Waals surface area contributed by atoms with E-state index in [0.29, 0.717) is 11.8 Å². The Hall–Kier alpha value is -1.62. The van der Waals surface area contributed by atoms with Gasteiger partial charge in [0.1, 0.15) is 12.4 Å². The van der Waals surface area contributed by atoms with Crippen LogP contribution in [0.1, 0.15) is 11.4 Å². The van der Waals surface area contributed by atoms with Gasteiger partial charge in [0.25, 0.3) is 5.19 Å². The minimum atomic E-state index is 0.495. The summed E-state index contributed by atoms with van der Waals surface area (Å²) >= 11 is 1.26. The van der Waals surface area contributed by atoms with Gasteiger partial charge < -0.3 is 10.5 Å². The topological polar surface area (TPSA) is 61.0 Å². The second-order valence-corrected chi connectivity index (χ2v) is 3.85. The summed E-state index contributed by atoms with van der Waals surface area (Å²) in [6.45, 7) is 2.33. The Morgan fingerprint density at radius 2 is 2.07 bits per heavy atom. The highest BCUT2D eigenvalue weighted by atomic mass is 32.1. The highest BCUT2D eigenvalue weighted by Gasteiger charge is 2.01. The molecule has 0 spiro atoms. The highest BCUT2D eigenvalue weighted by molar-refractivity contribution is 7.07. The number of aromatic nitrogens is 2. The minimum Gasteiger partial charge on any atom is -0.464 e. The van der Waals surface area contributed by atoms with Crippen molar-refractivity contribution in [2.24, 2.45) is 0 Å². The molecule has 0 radical (unpaired) electrons. The van der Waals surface area contributed by atoms with Crippen molar-refractivity contribution in [3.63, 3.8) is 0 Å². The zero-order valence-corrected chi connectivity index (χ0v) is 9.12. The lowest BCUT2D eigenvalue weighted by atomic mass is 10.2. The van der Waals surface area contributed by atoms with Crippen LogP contribution in [0.15, 0.2) is 24.3 Å². The van der Waals surface area contributed by atoms with Gasteiger partial charge in [-0.1, -0.05) is 12.1 Å². The summed E-state index contributed by atoms with van der Waals surface area (Å²) in [7, 11) is 0. The van der Waals surface area contributed by atoms with E-state index in [1.807, 2.05) is 31.2 Å². The maximum Gasteiger partial charge on any atom is 0.293 e. The summed E-state index contributed by atoms with van der Waals surface area (Å²) in [5, 5.41) is 0.601. The van der Waals surface area contributed by atoms with Crippen LogP contribution in [0, 0.1) is 6.92 Å². The lowest BCUT2D eigenvalue weighted by Crippen LogP contribution is -1.95. The molecule has 4 nitrogen and oxygen atoms in total. The van der Waals surface area contributed by atoms with Gasteiger partial charge in [-0.05, 0) is 24.6 Å². The van der Waals surface area contributed by atoms with Gasteiger partial charge >= 0.3 is 0 Å². The molecular weight excluding hydrogens is 210 g/mol. The van der Waals surface area contributed by atoms with Crippen molar-refractivity contribution in [1.29, 1.82) is 0 Å². The highest BCUT2D eigenvalue weighted by Crippen LogP contribution is 2.15. The van der Waals surface area contributed by atoms with Crippen molar-refractivity contribution < 1.29 is 4.74 Å². The van der Waals surface area contributed by atoms with Crippen molar-refractivity contribution in [2.45, 2.75) is 13.5 Å². The van der Waals surface area contributed by atoms with Gasteiger partial charge in [0.15, 0.2) is 0 Å². The molecule has 1 aromatic heterocycles. The predicted molar refractivity (Wildman–Crippen MR) is 59.8 cm³/mol. The number of hydrogen-bond acceptors (Lipinski definition) is 5. The first-order valence-electron chi connectivity index (χ1n) is 4.51. The van der Waals surface area contributed by atoms with Gasteiger partial charge in [-0.15, -0.1) is 0 Å². The van der Waals surface area contributed by atoms with Crippen LogP contribution >= 0.6 is 11.5 Å². The second-order valence-electron chi connectivity index (χ2n) is 3.14. The van der Waals surface area contributed by atoms with Gasteiger partial charge in [0, 0.05) is 17.2 Å². The standard InChI is InChI=1S/C10H11N3OS/c1-7-12-10(15-13-7)14-6-8-2-4-9(11)5-3-8/h2-5H,6,11H2,1H3. The molecule has 5 heteroatoms. The van der Waals surface area contributed by atoms with Gasteiger partial charge in [-0.2, -0.15) is 9.36 Å². The zero-order chi connectivity index (χ0) is 10.7. The average Bonchev–Trinajstić information content (AvgIpc) is 2.64. The number of rotatable bonds is 3. The third-order valence-corrected chi connectivity index (χ3v) is 2.57. The Morgan fingerprint density at radius 1 is 1.33 bits per heavy atom. The van der Waals surface area contributed by atoms with Crippen molar-refractivity contribution in [3.8, 4) is 5.19 Å². The summed E-state index contributed by atoms with van der Waals surface area (Å²) in [6, 6.07) is 7.57. The third kappa shape index (κ3) is 2.66. The molecule has 0 atom stereocenters. The van der Waals surface area contributed by atoms with Crippen LogP contribution in [0.2, 0.25) is 0 Å². The molecule has 15 heavy (non-hydrogen) atoms. The van der Waals surface area contributed by atoms with Crippen molar-refractivity contribution in [3.05, 3.63) is 35.7 Å². The number of nitrogens with two attached hydrogens (primary N) is 1. The maximum atomic E-state index is 5.58. The Bertz CT molecular complexity index is 438. The normalized spacial score (nSPS) is 10.2. The lowest BCUT2D eigenvalue weighted by molar-refractivity contribution is 0.304. The van der Waals surface area contributed by atoms with E-state index in [9.17, 15) is 0 Å². The first kappa shape index (κ1) is 9.92. The smallest absolute Gasteiger partial charge is 0.293 e. The van der Waals surface area contributed by atoms with Gasteiger partial charge in [0.2, 0.25) is 0 Å². The number of nitrogens with zero attached hydrogens (tertiary/aromatic N) is 2. The molecule has 2 N–H and O–H groups in total. The van der Waals surface area contributed by atoms with Crippen LogP contribution in [0.3, 0.4) is 0 Å². The Kier molecular flexibility index (Phi) is 2.82. The monoisotopic (exact) mass is 221 g/mol. The number of hydrogen-bond donors (Lipinski definition) is 1. The molecule has 0 aliphatic heterocycles. The molecule has 0 saturated carbocycles. The Morgan fingerprint density at radius 3 is 2.67 bits per heavy atom. The molecular formula is C10H11N3OS. The van der Waals surface area contributed by atoms with E-state index in [-0.39, 0.29) is 0 Å². The van der Waals surface area contributed by atoms with E-state index < -0.39 is 0 Å². The van der Waals surface area contributed by atoms with Crippen molar-refractivity contribution in [2.75, 3.05) is 5.73 Å². The minimum absolute atomic E-state index is 0.495. The van der Waals surface area contributed by atoms with E-state index >= 15 is 0 Å². The molecule has 2 rings (SSSR count). The molecule has 1 aromatic carbocycles. The fourth-order valence-electron chi connectivity index (χ4n) is 1.10. The molecule has 2 aromatic rings. The molecule has 0 aliphatic carbocycles. The van der Waals surface area contributed by atoms with Crippen molar-refractivity contribution in [1.82, 2.24) is 9.36 Å². The summed E-state index contributed by atoms with van der Waals surface area (Å²) in [6.07, 6.45) is 0. The van der Waals surface area contributed by atoms with Crippen LogP contribution in [-0.2, 0) is 6.61 Å². The summed E-state index contributed by atoms with van der Waals surface area (Å²) in [4.78, 5) is 4.10. The molecule has 78 valence electrons. The molecule has 0 amide bonds. The van der Waals surface area contributed by atoms with E-state index in [0.717, 1.165) is 17.1 Å². The Balaban J connectivity index is 1.96. The zero-order valence-electron chi connectivity index (χ0n) is 8.30. The molecule has 1 heterocycles. The number of ether oxygens (including phenoxy) is 1. The van der Waals surface area contributed by atoms with E-state index in [2.05, 4.69) is 9.36 Å². The van der Waals surface area contributed by atoms with Gasteiger partial charge in [-0.3, -0.25) is 0 Å². The first-order chi connectivity index (χ1) is 7.24. The molecule has 0 bridgehead atoms. The summed E-state index contributed by atoms with van der Waals surface area (Å²) < 4.78 is 9.49. The van der Waals surface area contributed by atoms with Crippen LogP contribution in [0.5, 0.6) is 5.19 Å². The number of benzene rings is 1. The summed E-state index contributed by atoms with van der Waals surface area (Å²) in [5.74, 6) is 0.743. The maximum absolute atomic E-state index is 5.58. The van der Waals surface area contributed by atoms with E-state index in [1.165, 1.54) is 11.5 Å². The Labute approximate surface area is 91.9 Å². The second kappa shape index (κ2) is 4.27. The number of anilines is 1. The quantitative estimate of drug-likeness (QED) is 0.805. The number of aryl methyl sites for hydroxylation is 1. The number of nitrogen functional groups attached to an aromatic ring is 1. The molecule has 0 saturated heterocycles. The molecule has 0 unspecified atom stereocenters. The third-order valence-electron chi connectivity index (χ3n) is 1.85. The summed E-state index contributed by atoms with van der Waals surface area (Å²) in [5.41, 5.74) is 7.40. The largest absolute Gasteiger partial charge is 0.464 e. The molecule has 0 fully saturated rings. The fraction of sp³-hybridized carbons (Fsp3) is 0.200. The average molecular weight is 221 g/mol. The van der Waals surface area contributed by atoms with Crippen LogP contribution in [0.25, 0.3) is 0 Å².